The van der Waals surface area contributed by atoms with Gasteiger partial charge in [-0.15, -0.1) is 0 Å². The molecule has 0 spiro atoms. The van der Waals surface area contributed by atoms with Gasteiger partial charge in [-0.05, 0) is 0 Å². The third-order valence-electron chi connectivity index (χ3n) is 0.816. The highest BCUT2D eigenvalue weighted by molar-refractivity contribution is 7.90. The first-order valence-corrected chi connectivity index (χ1v) is 4.12. The predicted octanol–water partition coefficient (Wildman–Crippen LogP) is -0.917. The summed E-state index contributed by atoms with van der Waals surface area (Å²) in [5, 5.41) is 0. The number of aldehydes is 1. The number of hydrogen-bond donors (Lipinski definition) is 2. The van der Waals surface area contributed by atoms with Gasteiger partial charge >= 0.3 is 0 Å². The molecular formula is C4H11NO4S. The molecule has 0 amide bonds. The van der Waals surface area contributed by atoms with E-state index >= 15 is 0 Å². The number of nitrogens with zero attached hydrogens (tertiary/aromatic N) is 1. The second kappa shape index (κ2) is 3.77. The summed E-state index contributed by atoms with van der Waals surface area (Å²) in [5.41, 5.74) is 0. The lowest BCUT2D eigenvalue weighted by Gasteiger charge is -2.23. The van der Waals surface area contributed by atoms with E-state index in [1.807, 2.05) is 0 Å². The molecule has 0 aliphatic heterocycles. The monoisotopic (exact) mass is 169 g/mol. The Labute approximate surface area is 60.6 Å². The van der Waals surface area contributed by atoms with E-state index in [9.17, 15) is 9.00 Å². The Bertz CT molecular complexity index is 157. The molecule has 0 saturated heterocycles. The minimum absolute atomic E-state index is 0.355. The van der Waals surface area contributed by atoms with E-state index < -0.39 is 10.7 Å². The van der Waals surface area contributed by atoms with Crippen LogP contribution in [0, 0.1) is 0 Å². The maximum atomic E-state index is 10.8. The molecule has 1 N–H and O–H groups in total. The Morgan fingerprint density at radius 2 is 2.20 bits per heavy atom. The molecule has 10 heavy (non-hydrogen) atoms. The van der Waals surface area contributed by atoms with Gasteiger partial charge in [-0.25, -0.2) is 8.51 Å². The number of carbonyl (C=O) groups is 1. The van der Waals surface area contributed by atoms with Gasteiger partial charge in [0.25, 0.3) is 0 Å². The average molecular weight is 169 g/mol. The molecule has 0 aromatic carbocycles. The van der Waals surface area contributed by atoms with Gasteiger partial charge in [0.1, 0.15) is 23.6 Å². The Morgan fingerprint density at radius 3 is 2.50 bits per heavy atom. The zero-order valence-electron chi connectivity index (χ0n) is 5.85. The molecule has 0 rings (SSSR count). The highest BCUT2D eigenvalue weighted by Gasteiger charge is 2.10. The molecule has 0 radical (unpaired) electrons. The Morgan fingerprint density at radius 1 is 1.70 bits per heavy atom. The van der Waals surface area contributed by atoms with Gasteiger partial charge in [-0.2, -0.15) is 0 Å². The molecule has 5 nitrogen and oxygen atoms in total. The van der Waals surface area contributed by atoms with Crippen LogP contribution in [-0.2, 0) is 19.7 Å². The smallest absolute Gasteiger partial charge is 0.147 e. The SMILES string of the molecule is CN(C)[SH](=O)(O)OCC=O. The first-order valence-electron chi connectivity index (χ1n) is 2.59. The van der Waals surface area contributed by atoms with Crippen molar-refractivity contribution in [3.63, 3.8) is 0 Å². The standard InChI is InChI=1S/C4H11NO4S/c1-5(2)10(7,8)9-4-3-6/h3,10H,4H2,1-2H3,(H,7,8). The molecule has 0 aromatic rings. The van der Waals surface area contributed by atoms with E-state index in [-0.39, 0.29) is 6.61 Å². The fraction of sp³-hybridized carbons (Fsp3) is 0.750. The fourth-order valence-corrected chi connectivity index (χ4v) is 0.729. The lowest BCUT2D eigenvalue weighted by atomic mass is 10.9. The first-order chi connectivity index (χ1) is 4.50. The van der Waals surface area contributed by atoms with E-state index in [1.165, 1.54) is 14.1 Å². The molecule has 0 bridgehead atoms. The summed E-state index contributed by atoms with van der Waals surface area (Å²) in [4.78, 5) is 9.70. The third-order valence-corrected chi connectivity index (χ3v) is 2.31. The van der Waals surface area contributed by atoms with Gasteiger partial charge in [0.15, 0.2) is 0 Å². The summed E-state index contributed by atoms with van der Waals surface area (Å²) in [7, 11) is -0.890. The summed E-state index contributed by atoms with van der Waals surface area (Å²) in [6.45, 7) is -0.355. The Hall–Kier alpha value is -0.300. The number of carbonyl (C=O) groups excluding carboxylic acids is 1. The van der Waals surface area contributed by atoms with Crippen molar-refractivity contribution < 1.29 is 17.7 Å². The minimum Gasteiger partial charge on any atom is -0.301 e. The third kappa shape index (κ3) is 3.02. The van der Waals surface area contributed by atoms with E-state index in [4.69, 9.17) is 4.55 Å². The van der Waals surface area contributed by atoms with Crippen molar-refractivity contribution in [1.82, 2.24) is 4.31 Å². The van der Waals surface area contributed by atoms with Crippen molar-refractivity contribution in [3.05, 3.63) is 0 Å². The first kappa shape index (κ1) is 9.70. The van der Waals surface area contributed by atoms with Crippen LogP contribution in [0.4, 0.5) is 0 Å². The van der Waals surface area contributed by atoms with Crippen LogP contribution in [0.1, 0.15) is 0 Å². The minimum atomic E-state index is -3.68. The number of rotatable bonds is 4. The highest BCUT2D eigenvalue weighted by Crippen LogP contribution is 2.02. The summed E-state index contributed by atoms with van der Waals surface area (Å²) >= 11 is 0. The van der Waals surface area contributed by atoms with Crippen LogP contribution >= 0.6 is 0 Å². The van der Waals surface area contributed by atoms with Crippen LogP contribution in [0.3, 0.4) is 0 Å². The summed E-state index contributed by atoms with van der Waals surface area (Å²) in [6.07, 6.45) is 0.423. The van der Waals surface area contributed by atoms with Gasteiger partial charge < -0.3 is 4.79 Å². The summed E-state index contributed by atoms with van der Waals surface area (Å²) in [6, 6.07) is 0. The molecular weight excluding hydrogens is 158 g/mol. The lowest BCUT2D eigenvalue weighted by molar-refractivity contribution is -0.109. The van der Waals surface area contributed by atoms with Crippen molar-refractivity contribution in [2.24, 2.45) is 0 Å². The molecule has 0 aliphatic carbocycles. The van der Waals surface area contributed by atoms with Gasteiger partial charge in [-0.3, -0.25) is 8.74 Å². The molecule has 0 heterocycles. The molecule has 6 heteroatoms. The van der Waals surface area contributed by atoms with Gasteiger partial charge in [0.2, 0.25) is 0 Å². The molecule has 0 fully saturated rings. The van der Waals surface area contributed by atoms with E-state index in [1.54, 1.807) is 0 Å². The maximum Gasteiger partial charge on any atom is 0.147 e. The number of thiol groups is 1. The zero-order valence-corrected chi connectivity index (χ0v) is 6.75. The van der Waals surface area contributed by atoms with E-state index in [0.29, 0.717) is 6.29 Å². The van der Waals surface area contributed by atoms with Crippen molar-refractivity contribution in [2.75, 3.05) is 20.7 Å². The van der Waals surface area contributed by atoms with Crippen molar-refractivity contribution in [3.8, 4) is 0 Å². The largest absolute Gasteiger partial charge is 0.301 e. The van der Waals surface area contributed by atoms with Crippen LogP contribution in [0.15, 0.2) is 0 Å². The average Bonchev–Trinajstić information content (AvgIpc) is 1.84. The zero-order chi connectivity index (χ0) is 8.20. The second-order valence-corrected chi connectivity index (χ2v) is 3.84. The van der Waals surface area contributed by atoms with Crippen LogP contribution in [0.2, 0.25) is 0 Å². The molecule has 0 saturated carbocycles. The Kier molecular flexibility index (Phi) is 3.66. The molecule has 62 valence electrons. The topological polar surface area (TPSA) is 66.8 Å². The van der Waals surface area contributed by atoms with E-state index in [2.05, 4.69) is 4.18 Å². The summed E-state index contributed by atoms with van der Waals surface area (Å²) < 4.78 is 24.9. The van der Waals surface area contributed by atoms with Gasteiger partial charge in [-0.1, -0.05) is 0 Å². The molecule has 0 aromatic heterocycles. The van der Waals surface area contributed by atoms with Crippen molar-refractivity contribution in [2.45, 2.75) is 0 Å². The van der Waals surface area contributed by atoms with Crippen molar-refractivity contribution >= 4 is 17.0 Å². The molecule has 0 atom stereocenters. The van der Waals surface area contributed by atoms with Gasteiger partial charge in [0, 0.05) is 14.1 Å². The van der Waals surface area contributed by atoms with Crippen LogP contribution in [-0.4, -0.2) is 40.1 Å². The van der Waals surface area contributed by atoms with Crippen LogP contribution in [0.25, 0.3) is 0 Å². The van der Waals surface area contributed by atoms with Gasteiger partial charge in [0.05, 0.1) is 0 Å². The second-order valence-electron chi connectivity index (χ2n) is 1.80. The highest BCUT2D eigenvalue weighted by atomic mass is 32.3. The lowest BCUT2D eigenvalue weighted by Crippen LogP contribution is -2.32. The fourth-order valence-electron chi connectivity index (χ4n) is 0.243. The number of hydrogen-bond acceptors (Lipinski definition) is 3. The quantitative estimate of drug-likeness (QED) is 0.422. The predicted molar refractivity (Wildman–Crippen MR) is 37.9 cm³/mol. The Balaban J connectivity index is 3.87. The summed E-state index contributed by atoms with van der Waals surface area (Å²) in [5.74, 6) is 0. The molecule has 0 aliphatic rings. The van der Waals surface area contributed by atoms with Crippen molar-refractivity contribution in [1.29, 1.82) is 0 Å². The maximum absolute atomic E-state index is 10.8. The van der Waals surface area contributed by atoms with Crippen LogP contribution in [0.5, 0.6) is 0 Å². The van der Waals surface area contributed by atoms with Crippen LogP contribution < -0.4 is 0 Å². The normalized spacial score (nSPS) is 13.6. The van der Waals surface area contributed by atoms with E-state index in [0.717, 1.165) is 4.31 Å². The molecule has 0 unspecified atom stereocenters.